The van der Waals surface area contributed by atoms with E-state index in [1.54, 1.807) is 6.20 Å². The lowest BCUT2D eigenvalue weighted by atomic mass is 10.2. The fraction of sp³-hybridized carbons (Fsp3) is 0.619. The van der Waals surface area contributed by atoms with Crippen LogP contribution in [0.5, 0.6) is 0 Å². The van der Waals surface area contributed by atoms with Crippen LogP contribution in [-0.2, 0) is 19.4 Å². The van der Waals surface area contributed by atoms with Gasteiger partial charge in [0.2, 0.25) is 0 Å². The Kier molecular flexibility index (Phi) is 7.04. The average Bonchev–Trinajstić information content (AvgIpc) is 3.30. The number of anilines is 1. The van der Waals surface area contributed by atoms with Crippen molar-refractivity contribution in [3.8, 4) is 0 Å². The van der Waals surface area contributed by atoms with Crippen LogP contribution in [0.4, 0.5) is 5.82 Å². The molecule has 2 N–H and O–H groups in total. The van der Waals surface area contributed by atoms with Gasteiger partial charge in [0, 0.05) is 58.3 Å². The van der Waals surface area contributed by atoms with E-state index in [9.17, 15) is 0 Å². The first-order valence-corrected chi connectivity index (χ1v) is 11.4. The number of aliphatic imine (C=N–C) groups is 1. The highest BCUT2D eigenvalue weighted by Crippen LogP contribution is 2.25. The Morgan fingerprint density at radius 1 is 1.27 bits per heavy atom. The summed E-state index contributed by atoms with van der Waals surface area (Å²) in [5.41, 5.74) is 0. The third kappa shape index (κ3) is 5.03. The molecule has 8 nitrogen and oxygen atoms in total. The van der Waals surface area contributed by atoms with E-state index in [2.05, 4.69) is 40.3 Å². The number of guanidine groups is 1. The molecular formula is C21H31ClN8. The second kappa shape index (κ2) is 10.1. The lowest BCUT2D eigenvalue weighted by molar-refractivity contribution is 0.591. The Balaban J connectivity index is 1.21. The molecule has 2 aromatic heterocycles. The van der Waals surface area contributed by atoms with E-state index in [0.717, 1.165) is 75.3 Å². The summed E-state index contributed by atoms with van der Waals surface area (Å²) in [6, 6.07) is 4.07. The topological polar surface area (TPSA) is 83.3 Å². The smallest absolute Gasteiger partial charge is 0.191 e. The maximum absolute atomic E-state index is 6.29. The molecule has 0 amide bonds. The van der Waals surface area contributed by atoms with Gasteiger partial charge >= 0.3 is 0 Å². The third-order valence-electron chi connectivity index (χ3n) is 5.85. The van der Waals surface area contributed by atoms with Gasteiger partial charge in [-0.15, -0.1) is 10.2 Å². The molecule has 2 aliphatic rings. The van der Waals surface area contributed by atoms with Gasteiger partial charge < -0.3 is 20.1 Å². The van der Waals surface area contributed by atoms with Crippen LogP contribution in [0.2, 0.25) is 5.02 Å². The molecule has 0 aliphatic carbocycles. The van der Waals surface area contributed by atoms with Crippen LogP contribution in [-0.4, -0.2) is 58.4 Å². The molecule has 1 atom stereocenters. The Morgan fingerprint density at radius 3 is 3.07 bits per heavy atom. The van der Waals surface area contributed by atoms with Crippen molar-refractivity contribution in [2.24, 2.45) is 4.99 Å². The first-order chi connectivity index (χ1) is 14.7. The van der Waals surface area contributed by atoms with Gasteiger partial charge in [-0.1, -0.05) is 18.0 Å². The summed E-state index contributed by atoms with van der Waals surface area (Å²) in [7, 11) is 1.82. The Labute approximate surface area is 183 Å². The quantitative estimate of drug-likeness (QED) is 0.416. The van der Waals surface area contributed by atoms with Crippen LogP contribution in [0.15, 0.2) is 23.3 Å². The van der Waals surface area contributed by atoms with Crippen molar-refractivity contribution >= 4 is 23.4 Å². The molecule has 4 heterocycles. The van der Waals surface area contributed by atoms with Crippen LogP contribution < -0.4 is 15.5 Å². The zero-order valence-electron chi connectivity index (χ0n) is 17.6. The molecule has 162 valence electrons. The van der Waals surface area contributed by atoms with Crippen LogP contribution >= 0.6 is 11.6 Å². The van der Waals surface area contributed by atoms with Crippen molar-refractivity contribution in [1.29, 1.82) is 0 Å². The molecule has 4 rings (SSSR count). The molecule has 0 aromatic carbocycles. The van der Waals surface area contributed by atoms with Gasteiger partial charge in [-0.25, -0.2) is 4.98 Å². The van der Waals surface area contributed by atoms with Crippen molar-refractivity contribution in [3.63, 3.8) is 0 Å². The van der Waals surface area contributed by atoms with Gasteiger partial charge in [-0.2, -0.15) is 0 Å². The Bertz CT molecular complexity index is 864. The second-order valence-electron chi connectivity index (χ2n) is 7.98. The molecule has 1 saturated heterocycles. The minimum Gasteiger partial charge on any atom is -0.356 e. The number of hydrogen-bond acceptors (Lipinski definition) is 5. The number of nitrogens with zero attached hydrogens (tertiary/aromatic N) is 6. The summed E-state index contributed by atoms with van der Waals surface area (Å²) < 4.78 is 2.33. The van der Waals surface area contributed by atoms with Crippen molar-refractivity contribution in [3.05, 3.63) is 35.0 Å². The summed E-state index contributed by atoms with van der Waals surface area (Å²) in [4.78, 5) is 11.0. The van der Waals surface area contributed by atoms with Crippen LogP contribution in [0.25, 0.3) is 0 Å². The van der Waals surface area contributed by atoms with Crippen LogP contribution in [0.1, 0.15) is 43.8 Å². The summed E-state index contributed by atoms with van der Waals surface area (Å²) in [6.45, 7) is 3.71. The van der Waals surface area contributed by atoms with E-state index >= 15 is 0 Å². The minimum absolute atomic E-state index is 0.321. The second-order valence-corrected chi connectivity index (χ2v) is 8.39. The number of pyridine rings is 1. The lowest BCUT2D eigenvalue weighted by Crippen LogP contribution is -2.45. The van der Waals surface area contributed by atoms with Crippen molar-refractivity contribution in [1.82, 2.24) is 30.4 Å². The molecule has 0 spiro atoms. The maximum atomic E-state index is 6.29. The predicted molar refractivity (Wildman–Crippen MR) is 120 cm³/mol. The van der Waals surface area contributed by atoms with Gasteiger partial charge in [-0.05, 0) is 37.8 Å². The molecule has 0 radical (unpaired) electrons. The van der Waals surface area contributed by atoms with Crippen LogP contribution in [0.3, 0.4) is 0 Å². The largest absolute Gasteiger partial charge is 0.356 e. The molecule has 2 aromatic rings. The van der Waals surface area contributed by atoms with Crippen LogP contribution in [0, 0.1) is 0 Å². The van der Waals surface area contributed by atoms with Gasteiger partial charge in [0.1, 0.15) is 17.5 Å². The molecule has 0 saturated carbocycles. The summed E-state index contributed by atoms with van der Waals surface area (Å²) >= 11 is 6.29. The van der Waals surface area contributed by atoms with E-state index in [1.807, 2.05) is 19.2 Å². The number of hydrogen-bond donors (Lipinski definition) is 2. The van der Waals surface area contributed by atoms with Crippen molar-refractivity contribution in [2.45, 2.75) is 57.5 Å². The van der Waals surface area contributed by atoms with E-state index in [0.29, 0.717) is 11.1 Å². The van der Waals surface area contributed by atoms with Gasteiger partial charge in [-0.3, -0.25) is 4.99 Å². The normalized spacial score (nSPS) is 19.5. The molecule has 1 fully saturated rings. The van der Waals surface area contributed by atoms with E-state index in [4.69, 9.17) is 11.6 Å². The molecule has 9 heteroatoms. The van der Waals surface area contributed by atoms with Crippen molar-refractivity contribution < 1.29 is 0 Å². The number of rotatable bonds is 6. The Hall–Kier alpha value is -2.35. The monoisotopic (exact) mass is 430 g/mol. The number of aromatic nitrogens is 4. The standard InChI is InChI=1S/C21H31ClN8/c1-23-21(26-16-10-14-29(15-16)20-17(22)7-5-11-24-20)25-12-6-9-19-28-27-18-8-3-2-4-13-30(18)19/h5,7,11,16H,2-4,6,8-10,12-15H2,1H3,(H2,23,25,26). The van der Waals surface area contributed by atoms with Crippen molar-refractivity contribution in [2.75, 3.05) is 31.6 Å². The van der Waals surface area contributed by atoms with E-state index < -0.39 is 0 Å². The maximum Gasteiger partial charge on any atom is 0.191 e. The third-order valence-corrected chi connectivity index (χ3v) is 6.14. The zero-order chi connectivity index (χ0) is 20.8. The Morgan fingerprint density at radius 2 is 2.20 bits per heavy atom. The first kappa shape index (κ1) is 20.9. The zero-order valence-corrected chi connectivity index (χ0v) is 18.4. The van der Waals surface area contributed by atoms with E-state index in [1.165, 1.54) is 19.3 Å². The average molecular weight is 431 g/mol. The number of nitrogens with one attached hydrogen (secondary N) is 2. The molecular weight excluding hydrogens is 400 g/mol. The highest BCUT2D eigenvalue weighted by molar-refractivity contribution is 6.32. The molecule has 2 aliphatic heterocycles. The van der Waals surface area contributed by atoms with Gasteiger partial charge in [0.05, 0.1) is 5.02 Å². The fourth-order valence-electron chi connectivity index (χ4n) is 4.25. The summed E-state index contributed by atoms with van der Waals surface area (Å²) in [6.07, 6.45) is 9.56. The molecule has 0 bridgehead atoms. The summed E-state index contributed by atoms with van der Waals surface area (Å²) in [5, 5.41) is 16.5. The van der Waals surface area contributed by atoms with E-state index in [-0.39, 0.29) is 0 Å². The fourth-order valence-corrected chi connectivity index (χ4v) is 4.49. The lowest BCUT2D eigenvalue weighted by Gasteiger charge is -2.20. The number of halogens is 1. The number of aryl methyl sites for hydroxylation is 2. The van der Waals surface area contributed by atoms with Gasteiger partial charge in [0.25, 0.3) is 0 Å². The highest BCUT2D eigenvalue weighted by Gasteiger charge is 2.25. The summed E-state index contributed by atoms with van der Waals surface area (Å²) in [5.74, 6) is 3.98. The molecule has 30 heavy (non-hydrogen) atoms. The highest BCUT2D eigenvalue weighted by atomic mass is 35.5. The van der Waals surface area contributed by atoms with Gasteiger partial charge in [0.15, 0.2) is 5.96 Å². The number of fused-ring (bicyclic) bond motifs is 1. The SMILES string of the molecule is CN=C(NCCCc1nnc2n1CCCCC2)NC1CCN(c2ncccc2Cl)C1. The predicted octanol–water partition coefficient (Wildman–Crippen LogP) is 2.43. The minimum atomic E-state index is 0.321. The first-order valence-electron chi connectivity index (χ1n) is 11.0. The molecule has 1 unspecified atom stereocenters.